The molecule has 21 heteroatoms. The Labute approximate surface area is 426 Å². The number of fused-ring (bicyclic) bond motifs is 2. The van der Waals surface area contributed by atoms with E-state index >= 15 is 0 Å². The van der Waals surface area contributed by atoms with Gasteiger partial charge in [-0.05, 0) is 92.9 Å². The van der Waals surface area contributed by atoms with Crippen LogP contribution in [0.5, 0.6) is 23.0 Å². The molecular weight excluding hydrogens is 983 g/mol. The van der Waals surface area contributed by atoms with E-state index in [1.54, 1.807) is 0 Å². The molecule has 0 spiro atoms. The summed E-state index contributed by atoms with van der Waals surface area (Å²) in [5, 5.41) is 31.0. The van der Waals surface area contributed by atoms with E-state index in [-0.39, 0.29) is 53.2 Å². The lowest BCUT2D eigenvalue weighted by Gasteiger charge is -2.23. The summed E-state index contributed by atoms with van der Waals surface area (Å²) < 4.78 is 97.8. The van der Waals surface area contributed by atoms with Gasteiger partial charge in [0.2, 0.25) is 11.6 Å². The molecule has 0 aromatic heterocycles. The van der Waals surface area contributed by atoms with Gasteiger partial charge in [0.05, 0.1) is 20.3 Å². The molecule has 0 saturated carbocycles. The Bertz CT molecular complexity index is 3100. The Morgan fingerprint density at radius 1 is 0.740 bits per heavy atom. The van der Waals surface area contributed by atoms with Gasteiger partial charge >= 0.3 is 0 Å². The third kappa shape index (κ3) is 14.5. The Kier molecular flexibility index (Phi) is 19.6. The van der Waals surface area contributed by atoms with Crippen LogP contribution in [0.15, 0.2) is 101 Å². The second-order valence-corrected chi connectivity index (χ2v) is 20.0. The monoisotopic (exact) mass is 1050 g/mol. The minimum atomic E-state index is -5.02. The SMILES string of the molecule is CCN(CC)c1ccc2c(-c3ccccc3C(=O)NCCNCCNCC(O)COc3ccc(C(C(O)Oc4ccc(CS(=O)(=O)O)cc4OC)S(=O)(=O)O)cc3OC)c3ccc(=[N+](CC)CC)cc-3oc2c1. The summed E-state index contributed by atoms with van der Waals surface area (Å²) in [6.07, 6.45) is -3.17. The fraction of sp³-hybridized carbons (Fsp3) is 0.385. The van der Waals surface area contributed by atoms with Crippen LogP contribution < -0.4 is 49.7 Å². The molecule has 2 aliphatic rings. The highest BCUT2D eigenvalue weighted by Crippen LogP contribution is 2.42. The molecule has 3 atom stereocenters. The predicted molar refractivity (Wildman–Crippen MR) is 280 cm³/mol. The largest absolute Gasteiger partial charge is 0.493 e. The van der Waals surface area contributed by atoms with E-state index in [0.717, 1.165) is 70.6 Å². The van der Waals surface area contributed by atoms with Gasteiger partial charge in [-0.25, -0.2) is 4.58 Å². The predicted octanol–water partition coefficient (Wildman–Crippen LogP) is 4.94. The summed E-state index contributed by atoms with van der Waals surface area (Å²) in [4.78, 5) is 16.2. The number of methoxy groups -OCH3 is 2. The van der Waals surface area contributed by atoms with E-state index in [1.165, 1.54) is 50.6 Å². The summed E-state index contributed by atoms with van der Waals surface area (Å²) >= 11 is 0. The molecule has 0 bridgehead atoms. The minimum absolute atomic E-state index is 0.0254. The van der Waals surface area contributed by atoms with E-state index < -0.39 is 43.6 Å². The lowest BCUT2D eigenvalue weighted by molar-refractivity contribution is -0.0232. The minimum Gasteiger partial charge on any atom is -0.493 e. The van der Waals surface area contributed by atoms with Crippen molar-refractivity contribution in [2.45, 2.75) is 51.1 Å². The smallest absolute Gasteiger partial charge is 0.278 e. The standard InChI is InChI=1S/C52H65N5O14S2/c1-7-56(8-2)36-17-19-41-45(29-36)70-46-30-37(57(9-3)10-4)18-20-42(46)49(41)39-13-11-12-14-40(39)51(59)55-26-25-53-23-24-54-31-38(58)32-69-43-22-16-35(28-48(43)68-6)50(73(64,65)66)52(60)71-44-21-15-34(27-47(44)67-5)33-72(61,62)63/h11-22,27-30,38,50,52-54,58,60H,7-10,23-26,31-33H2,1-6H3,(H2-,55,59,61,62,63,64,65,66)/p+1. The van der Waals surface area contributed by atoms with Crippen LogP contribution in [-0.4, -0.2) is 134 Å². The van der Waals surface area contributed by atoms with Crippen molar-refractivity contribution in [2.75, 3.05) is 84.6 Å². The van der Waals surface area contributed by atoms with Crippen molar-refractivity contribution >= 4 is 42.8 Å². The highest BCUT2D eigenvalue weighted by Gasteiger charge is 2.36. The van der Waals surface area contributed by atoms with E-state index in [0.29, 0.717) is 31.7 Å². The van der Waals surface area contributed by atoms with E-state index in [2.05, 4.69) is 89.5 Å². The van der Waals surface area contributed by atoms with E-state index in [9.17, 15) is 40.9 Å². The van der Waals surface area contributed by atoms with Crippen molar-refractivity contribution in [3.8, 4) is 45.4 Å². The molecule has 1 aliphatic heterocycles. The van der Waals surface area contributed by atoms with E-state index in [4.69, 9.17) is 23.4 Å². The number of ether oxygens (including phenoxy) is 4. The van der Waals surface area contributed by atoms with Crippen LogP contribution in [0.3, 0.4) is 0 Å². The number of hydrogen-bond acceptors (Lipinski definition) is 15. The van der Waals surface area contributed by atoms with E-state index in [1.807, 2.05) is 24.3 Å². The average molecular weight is 1050 g/mol. The fourth-order valence-corrected chi connectivity index (χ4v) is 10.0. The van der Waals surface area contributed by atoms with Crippen LogP contribution in [0.25, 0.3) is 33.4 Å². The topological polar surface area (TPSA) is 259 Å². The molecule has 73 heavy (non-hydrogen) atoms. The molecule has 1 heterocycles. The molecule has 1 aliphatic carbocycles. The third-order valence-electron chi connectivity index (χ3n) is 12.2. The van der Waals surface area contributed by atoms with Gasteiger partial charge in [0.25, 0.3) is 26.1 Å². The number of carbonyl (C=O) groups is 1. The molecular formula is C52H66N5O14S2+. The number of aliphatic hydroxyl groups excluding tert-OH is 2. The molecule has 7 N–H and O–H groups in total. The molecule has 0 fully saturated rings. The number of aliphatic hydroxyl groups is 2. The first-order valence-corrected chi connectivity index (χ1v) is 27.1. The Balaban J connectivity index is 1.01. The van der Waals surface area contributed by atoms with Gasteiger partial charge in [-0.15, -0.1) is 0 Å². The van der Waals surface area contributed by atoms with Crippen molar-refractivity contribution in [1.82, 2.24) is 20.5 Å². The van der Waals surface area contributed by atoms with Gasteiger partial charge < -0.3 is 54.4 Å². The second-order valence-electron chi connectivity index (χ2n) is 17.0. The number of anilines is 1. The van der Waals surface area contributed by atoms with Gasteiger partial charge in [-0.1, -0.05) is 30.3 Å². The Morgan fingerprint density at radius 3 is 2.11 bits per heavy atom. The van der Waals surface area contributed by atoms with Crippen molar-refractivity contribution < 1.29 is 64.3 Å². The zero-order valence-electron chi connectivity index (χ0n) is 41.8. The number of carbonyl (C=O) groups excluding carboxylic acids is 1. The number of benzene rings is 5. The highest BCUT2D eigenvalue weighted by molar-refractivity contribution is 7.86. The summed E-state index contributed by atoms with van der Waals surface area (Å²) in [5.74, 6) is -0.325. The highest BCUT2D eigenvalue weighted by atomic mass is 32.2. The van der Waals surface area contributed by atoms with Crippen molar-refractivity contribution in [2.24, 2.45) is 0 Å². The molecule has 4 aromatic rings. The lowest BCUT2D eigenvalue weighted by atomic mass is 9.90. The van der Waals surface area contributed by atoms with Crippen LogP contribution in [0.4, 0.5) is 5.69 Å². The third-order valence-corrected chi connectivity index (χ3v) is 14.0. The molecule has 6 rings (SSSR count). The average Bonchev–Trinajstić information content (AvgIpc) is 3.36. The van der Waals surface area contributed by atoms with Crippen molar-refractivity contribution in [1.29, 1.82) is 0 Å². The maximum atomic E-state index is 13.9. The number of rotatable bonds is 27. The maximum absolute atomic E-state index is 13.9. The molecule has 4 aromatic carbocycles. The van der Waals surface area contributed by atoms with Crippen LogP contribution in [0.2, 0.25) is 0 Å². The summed E-state index contributed by atoms with van der Waals surface area (Å²) in [6.45, 7) is 13.8. The van der Waals surface area contributed by atoms with Gasteiger partial charge in [-0.3, -0.25) is 13.9 Å². The molecule has 3 unspecified atom stereocenters. The first-order chi connectivity index (χ1) is 34.9. The van der Waals surface area contributed by atoms with Gasteiger partial charge in [0.1, 0.15) is 42.9 Å². The summed E-state index contributed by atoms with van der Waals surface area (Å²) in [7, 11) is -6.88. The number of amides is 1. The van der Waals surface area contributed by atoms with Gasteiger partial charge in [0, 0.05) is 85.7 Å². The molecule has 394 valence electrons. The first-order valence-electron chi connectivity index (χ1n) is 24.0. The number of hydrogen-bond donors (Lipinski definition) is 7. The fourth-order valence-electron chi connectivity index (χ4n) is 8.57. The van der Waals surface area contributed by atoms with Crippen molar-refractivity contribution in [3.63, 3.8) is 0 Å². The first kappa shape index (κ1) is 56.0. The molecule has 1 amide bonds. The molecule has 0 radical (unpaired) electrons. The molecule has 0 saturated heterocycles. The van der Waals surface area contributed by atoms with Gasteiger partial charge in [0.15, 0.2) is 28.2 Å². The zero-order valence-corrected chi connectivity index (χ0v) is 43.5. The lowest BCUT2D eigenvalue weighted by Crippen LogP contribution is -2.38. The van der Waals surface area contributed by atoms with Crippen LogP contribution in [0, 0.1) is 0 Å². The van der Waals surface area contributed by atoms with Crippen LogP contribution in [-0.2, 0) is 26.0 Å². The normalized spacial score (nSPS) is 13.1. The number of nitrogens with one attached hydrogen (secondary N) is 3. The number of nitrogens with zero attached hydrogens (tertiary/aromatic N) is 2. The summed E-state index contributed by atoms with van der Waals surface area (Å²) in [6, 6.07) is 27.7. The quantitative estimate of drug-likeness (QED) is 0.0118. The van der Waals surface area contributed by atoms with Crippen molar-refractivity contribution in [3.05, 3.63) is 119 Å². The van der Waals surface area contributed by atoms with Gasteiger partial charge in [-0.2, -0.15) is 16.8 Å². The second kappa shape index (κ2) is 25.6. The molecule has 19 nitrogen and oxygen atoms in total. The van der Waals surface area contributed by atoms with Crippen LogP contribution in [0.1, 0.15) is 54.4 Å². The Hall–Kier alpha value is -6.30. The summed E-state index contributed by atoms with van der Waals surface area (Å²) in [5.41, 5.74) is 4.95. The zero-order chi connectivity index (χ0) is 52.9. The maximum Gasteiger partial charge on any atom is 0.278 e. The Morgan fingerprint density at radius 2 is 1.42 bits per heavy atom. The van der Waals surface area contributed by atoms with Crippen LogP contribution >= 0.6 is 0 Å².